The van der Waals surface area contributed by atoms with Crippen molar-refractivity contribution in [1.29, 1.82) is 0 Å². The molecule has 31 heavy (non-hydrogen) atoms. The third-order valence-electron chi connectivity index (χ3n) is 5.66. The highest BCUT2D eigenvalue weighted by atomic mass is 16.2. The number of carbonyl (C=O) groups is 3. The van der Waals surface area contributed by atoms with Crippen LogP contribution >= 0.6 is 0 Å². The van der Waals surface area contributed by atoms with Crippen LogP contribution in [-0.2, 0) is 20.9 Å². The molecule has 0 spiro atoms. The molecule has 0 radical (unpaired) electrons. The highest BCUT2D eigenvalue weighted by molar-refractivity contribution is 5.99. The molecule has 8 heteroatoms. The molecule has 166 valence electrons. The Morgan fingerprint density at radius 3 is 2.71 bits per heavy atom. The molecule has 3 amide bonds. The summed E-state index contributed by atoms with van der Waals surface area (Å²) in [7, 11) is 0. The second-order valence-electron chi connectivity index (χ2n) is 8.09. The number of amides is 3. The van der Waals surface area contributed by atoms with Gasteiger partial charge in [0, 0.05) is 19.4 Å². The van der Waals surface area contributed by atoms with Gasteiger partial charge < -0.3 is 5.32 Å². The molecule has 2 aromatic rings. The van der Waals surface area contributed by atoms with Gasteiger partial charge in [-0.05, 0) is 37.5 Å². The molecule has 8 nitrogen and oxygen atoms in total. The average molecular weight is 427 g/mol. The second kappa shape index (κ2) is 10.3. The number of hydrogen-bond donors (Lipinski definition) is 2. The van der Waals surface area contributed by atoms with E-state index in [4.69, 9.17) is 0 Å². The van der Waals surface area contributed by atoms with E-state index in [9.17, 15) is 19.2 Å². The van der Waals surface area contributed by atoms with E-state index in [1.807, 2.05) is 6.07 Å². The summed E-state index contributed by atoms with van der Waals surface area (Å²) in [6.07, 6.45) is 6.42. The van der Waals surface area contributed by atoms with Crippen LogP contribution in [-0.4, -0.2) is 27.3 Å². The molecule has 1 fully saturated rings. The molecule has 0 aliphatic carbocycles. The van der Waals surface area contributed by atoms with E-state index < -0.39 is 11.9 Å². The fourth-order valence-corrected chi connectivity index (χ4v) is 3.94. The number of nitrogens with one attached hydrogen (secondary N) is 2. The van der Waals surface area contributed by atoms with Crippen LogP contribution in [0.15, 0.2) is 23.0 Å². The molecule has 1 aromatic carbocycles. The van der Waals surface area contributed by atoms with Crippen molar-refractivity contribution in [2.45, 2.75) is 77.8 Å². The molecule has 0 saturated carbocycles. The lowest BCUT2D eigenvalue weighted by Crippen LogP contribution is -2.45. The Bertz CT molecular complexity index is 1040. The third-order valence-corrected chi connectivity index (χ3v) is 5.66. The fourth-order valence-electron chi connectivity index (χ4n) is 3.94. The molecular weight excluding hydrogens is 396 g/mol. The van der Waals surface area contributed by atoms with E-state index in [1.54, 1.807) is 19.1 Å². The summed E-state index contributed by atoms with van der Waals surface area (Å²) in [5, 5.41) is 5.59. The Morgan fingerprint density at radius 1 is 1.19 bits per heavy atom. The zero-order valence-electron chi connectivity index (χ0n) is 18.2. The Balaban J connectivity index is 1.73. The number of aromatic nitrogens is 2. The molecule has 1 aromatic heterocycles. The van der Waals surface area contributed by atoms with Crippen LogP contribution < -0.4 is 16.2 Å². The van der Waals surface area contributed by atoms with E-state index in [0.717, 1.165) is 24.8 Å². The molecule has 0 bridgehead atoms. The van der Waals surface area contributed by atoms with Crippen LogP contribution in [0.1, 0.15) is 75.7 Å². The van der Waals surface area contributed by atoms with Gasteiger partial charge in [0.2, 0.25) is 17.7 Å². The van der Waals surface area contributed by atoms with E-state index in [-0.39, 0.29) is 30.2 Å². The number of imide groups is 1. The lowest BCUT2D eigenvalue weighted by Gasteiger charge is -2.24. The predicted octanol–water partition coefficient (Wildman–Crippen LogP) is 2.66. The number of benzene rings is 1. The molecular formula is C23H30N4O4. The van der Waals surface area contributed by atoms with Crippen LogP contribution in [0.25, 0.3) is 10.9 Å². The van der Waals surface area contributed by atoms with Gasteiger partial charge in [0.15, 0.2) is 0 Å². The molecule has 1 aliphatic rings. The van der Waals surface area contributed by atoms with Gasteiger partial charge in [0.05, 0.1) is 10.9 Å². The van der Waals surface area contributed by atoms with Gasteiger partial charge in [-0.2, -0.15) is 0 Å². The van der Waals surface area contributed by atoms with Crippen LogP contribution in [0.4, 0.5) is 0 Å². The lowest BCUT2D eigenvalue weighted by atomic mass is 10.0. The van der Waals surface area contributed by atoms with Crippen molar-refractivity contribution < 1.29 is 14.4 Å². The SMILES string of the molecule is CCCCCCCC(=O)NCc1ccc2nc(C)n(C3CCC(=O)NC3=O)c(=O)c2c1. The minimum Gasteiger partial charge on any atom is -0.352 e. The number of nitrogens with zero attached hydrogens (tertiary/aromatic N) is 2. The first-order valence-electron chi connectivity index (χ1n) is 11.0. The molecule has 1 unspecified atom stereocenters. The standard InChI is InChI=1S/C23H30N4O4/c1-3-4-5-6-7-8-20(28)24-14-16-9-10-18-17(13-16)23(31)27(15(2)25-18)19-11-12-21(29)26-22(19)30/h9-10,13,19H,3-8,11-12,14H2,1-2H3,(H,24,28)(H,26,29,30). The van der Waals surface area contributed by atoms with Gasteiger partial charge in [-0.3, -0.25) is 29.1 Å². The zero-order chi connectivity index (χ0) is 22.4. The normalized spacial score (nSPS) is 16.4. The van der Waals surface area contributed by atoms with E-state index in [0.29, 0.717) is 29.7 Å². The molecule has 1 atom stereocenters. The summed E-state index contributed by atoms with van der Waals surface area (Å²) in [6, 6.07) is 4.56. The lowest BCUT2D eigenvalue weighted by molar-refractivity contribution is -0.135. The highest BCUT2D eigenvalue weighted by Crippen LogP contribution is 2.20. The van der Waals surface area contributed by atoms with Gasteiger partial charge >= 0.3 is 0 Å². The first-order chi connectivity index (χ1) is 14.9. The molecule has 3 rings (SSSR count). The minimum atomic E-state index is -0.752. The van der Waals surface area contributed by atoms with Gasteiger partial charge in [0.1, 0.15) is 11.9 Å². The van der Waals surface area contributed by atoms with Crippen LogP contribution in [0.2, 0.25) is 0 Å². The summed E-state index contributed by atoms with van der Waals surface area (Å²) in [5.41, 5.74) is 1.02. The Kier molecular flexibility index (Phi) is 7.55. The molecule has 1 saturated heterocycles. The Labute approximate surface area is 181 Å². The summed E-state index contributed by atoms with van der Waals surface area (Å²) in [6.45, 7) is 4.17. The number of piperidine rings is 1. The summed E-state index contributed by atoms with van der Waals surface area (Å²) >= 11 is 0. The summed E-state index contributed by atoms with van der Waals surface area (Å²) < 4.78 is 1.36. The van der Waals surface area contributed by atoms with Crippen LogP contribution in [0.3, 0.4) is 0 Å². The van der Waals surface area contributed by atoms with Gasteiger partial charge in [0.25, 0.3) is 5.56 Å². The van der Waals surface area contributed by atoms with Gasteiger partial charge in [-0.15, -0.1) is 0 Å². The van der Waals surface area contributed by atoms with Crippen molar-refractivity contribution in [2.24, 2.45) is 0 Å². The van der Waals surface area contributed by atoms with Gasteiger partial charge in [-0.25, -0.2) is 4.98 Å². The topological polar surface area (TPSA) is 110 Å². The highest BCUT2D eigenvalue weighted by Gasteiger charge is 2.30. The monoisotopic (exact) mass is 426 g/mol. The first-order valence-corrected chi connectivity index (χ1v) is 11.0. The Morgan fingerprint density at radius 2 is 1.97 bits per heavy atom. The van der Waals surface area contributed by atoms with Crippen molar-refractivity contribution in [2.75, 3.05) is 0 Å². The maximum Gasteiger partial charge on any atom is 0.262 e. The van der Waals surface area contributed by atoms with E-state index >= 15 is 0 Å². The number of fused-ring (bicyclic) bond motifs is 1. The van der Waals surface area contributed by atoms with Crippen molar-refractivity contribution in [1.82, 2.24) is 20.2 Å². The maximum atomic E-state index is 13.2. The largest absolute Gasteiger partial charge is 0.352 e. The number of unbranched alkanes of at least 4 members (excludes halogenated alkanes) is 4. The van der Waals surface area contributed by atoms with Crippen molar-refractivity contribution in [3.8, 4) is 0 Å². The number of aryl methyl sites for hydroxylation is 1. The molecule has 2 N–H and O–H groups in total. The second-order valence-corrected chi connectivity index (χ2v) is 8.09. The smallest absolute Gasteiger partial charge is 0.262 e. The van der Waals surface area contributed by atoms with Crippen LogP contribution in [0.5, 0.6) is 0 Å². The third kappa shape index (κ3) is 5.57. The molecule has 2 heterocycles. The molecule has 1 aliphatic heterocycles. The maximum absolute atomic E-state index is 13.2. The van der Waals surface area contributed by atoms with Crippen LogP contribution in [0, 0.1) is 6.92 Å². The predicted molar refractivity (Wildman–Crippen MR) is 117 cm³/mol. The minimum absolute atomic E-state index is 0.000388. The summed E-state index contributed by atoms with van der Waals surface area (Å²) in [5.74, 6) is -0.384. The van der Waals surface area contributed by atoms with Crippen molar-refractivity contribution in [3.63, 3.8) is 0 Å². The number of carbonyl (C=O) groups excluding carboxylic acids is 3. The fraction of sp³-hybridized carbons (Fsp3) is 0.522. The van der Waals surface area contributed by atoms with Crippen molar-refractivity contribution in [3.05, 3.63) is 39.9 Å². The number of hydrogen-bond acceptors (Lipinski definition) is 5. The zero-order valence-corrected chi connectivity index (χ0v) is 18.2. The van der Waals surface area contributed by atoms with E-state index in [2.05, 4.69) is 22.5 Å². The first kappa shape index (κ1) is 22.7. The Hall–Kier alpha value is -3.03. The van der Waals surface area contributed by atoms with E-state index in [1.165, 1.54) is 17.4 Å². The average Bonchev–Trinajstić information content (AvgIpc) is 2.73. The quantitative estimate of drug-likeness (QED) is 0.473. The summed E-state index contributed by atoms with van der Waals surface area (Å²) in [4.78, 5) is 53.4. The van der Waals surface area contributed by atoms with Crippen molar-refractivity contribution >= 4 is 28.6 Å². The number of rotatable bonds is 9. The van der Waals surface area contributed by atoms with Gasteiger partial charge in [-0.1, -0.05) is 38.7 Å².